The predicted molar refractivity (Wildman–Crippen MR) is 115 cm³/mol. The summed E-state index contributed by atoms with van der Waals surface area (Å²) in [5.74, 6) is 2.31. The van der Waals surface area contributed by atoms with Crippen molar-refractivity contribution in [2.24, 2.45) is 10.9 Å². The minimum absolute atomic E-state index is 0.299. The summed E-state index contributed by atoms with van der Waals surface area (Å²) >= 11 is 1.72. The molecule has 0 radical (unpaired) electrons. The van der Waals surface area contributed by atoms with E-state index in [1.54, 1.807) is 18.4 Å². The van der Waals surface area contributed by atoms with Gasteiger partial charge in [-0.1, -0.05) is 6.92 Å². The molecule has 1 aliphatic carbocycles. The number of nitrogens with zero attached hydrogens (tertiary/aromatic N) is 3. The van der Waals surface area contributed by atoms with Crippen molar-refractivity contribution in [1.29, 1.82) is 0 Å². The van der Waals surface area contributed by atoms with Crippen LogP contribution in [-0.4, -0.2) is 29.1 Å². The number of rotatable bonds is 6. The Kier molecular flexibility index (Phi) is 7.25. The minimum Gasteiger partial charge on any atom is -0.474 e. The zero-order chi connectivity index (χ0) is 19.9. The molecule has 7 heteroatoms. The van der Waals surface area contributed by atoms with Crippen LogP contribution < -0.4 is 15.4 Å². The molecule has 2 aromatic rings. The van der Waals surface area contributed by atoms with Gasteiger partial charge in [0.05, 0.1) is 17.2 Å². The summed E-state index contributed by atoms with van der Waals surface area (Å²) in [6.45, 7) is 7.79. The highest BCUT2D eigenvalue weighted by Crippen LogP contribution is 2.26. The van der Waals surface area contributed by atoms with E-state index in [9.17, 15) is 0 Å². The molecule has 2 N–H and O–H groups in total. The third-order valence-electron chi connectivity index (χ3n) is 5.15. The van der Waals surface area contributed by atoms with E-state index in [0.29, 0.717) is 12.6 Å². The first-order valence-electron chi connectivity index (χ1n) is 10.0. The van der Waals surface area contributed by atoms with Crippen LogP contribution in [0.4, 0.5) is 0 Å². The van der Waals surface area contributed by atoms with Crippen LogP contribution in [0.5, 0.6) is 5.88 Å². The van der Waals surface area contributed by atoms with Crippen LogP contribution in [-0.2, 0) is 13.1 Å². The summed E-state index contributed by atoms with van der Waals surface area (Å²) in [6.07, 6.45) is 6.85. The van der Waals surface area contributed by atoms with E-state index >= 15 is 0 Å². The van der Waals surface area contributed by atoms with E-state index in [4.69, 9.17) is 4.74 Å². The molecule has 0 saturated heterocycles. The Balaban J connectivity index is 1.49. The molecule has 0 spiro atoms. The zero-order valence-corrected chi connectivity index (χ0v) is 18.1. The predicted octanol–water partition coefficient (Wildman–Crippen LogP) is 3.98. The van der Waals surface area contributed by atoms with Crippen molar-refractivity contribution in [2.75, 3.05) is 7.05 Å². The second-order valence-corrected chi connectivity index (χ2v) is 8.81. The molecule has 2 aromatic heterocycles. The number of aromatic nitrogens is 2. The maximum atomic E-state index is 6.11. The molecular formula is C21H31N5OS. The van der Waals surface area contributed by atoms with E-state index in [1.165, 1.54) is 17.7 Å². The second-order valence-electron chi connectivity index (χ2n) is 7.52. The molecule has 2 heterocycles. The first-order chi connectivity index (χ1) is 13.5. The number of ether oxygens (including phenoxy) is 1. The van der Waals surface area contributed by atoms with Gasteiger partial charge in [0.15, 0.2) is 5.96 Å². The smallest absolute Gasteiger partial charge is 0.213 e. The van der Waals surface area contributed by atoms with E-state index in [-0.39, 0.29) is 0 Å². The van der Waals surface area contributed by atoms with Gasteiger partial charge in [0, 0.05) is 30.7 Å². The number of nitrogens with one attached hydrogen (secondary N) is 2. The molecule has 152 valence electrons. The summed E-state index contributed by atoms with van der Waals surface area (Å²) in [7, 11) is 1.78. The summed E-state index contributed by atoms with van der Waals surface area (Å²) < 4.78 is 6.11. The summed E-state index contributed by atoms with van der Waals surface area (Å²) in [5.41, 5.74) is 2.21. The average Bonchev–Trinajstić information content (AvgIpc) is 3.01. The molecule has 0 aromatic carbocycles. The first kappa shape index (κ1) is 20.6. The fourth-order valence-corrected chi connectivity index (χ4v) is 4.33. The quantitative estimate of drug-likeness (QED) is 0.566. The third-order valence-corrected chi connectivity index (χ3v) is 6.22. The Bertz CT molecular complexity index is 796. The fourth-order valence-electron chi connectivity index (χ4n) is 3.45. The Morgan fingerprint density at radius 3 is 2.64 bits per heavy atom. The van der Waals surface area contributed by atoms with E-state index in [2.05, 4.69) is 32.5 Å². The standard InChI is InChI=1S/C21H31N5OS/c1-14-5-7-18(8-6-14)27-20-11-17(9-10-23-20)12-24-21(22-4)25-13-19-15(2)26-16(3)28-19/h9-11,14,18H,5-8,12-13H2,1-4H3,(H2,22,24,25). The fraction of sp³-hybridized carbons (Fsp3) is 0.571. The van der Waals surface area contributed by atoms with Gasteiger partial charge in [-0.25, -0.2) is 9.97 Å². The molecule has 6 nitrogen and oxygen atoms in total. The molecule has 1 fully saturated rings. The highest BCUT2D eigenvalue weighted by Gasteiger charge is 2.19. The number of aryl methyl sites for hydroxylation is 2. The summed E-state index contributed by atoms with van der Waals surface area (Å²) in [6, 6.07) is 4.03. The first-order valence-corrected chi connectivity index (χ1v) is 10.8. The third kappa shape index (κ3) is 5.92. The van der Waals surface area contributed by atoms with Crippen LogP contribution in [0.2, 0.25) is 0 Å². The normalized spacial score (nSPS) is 20.1. The molecular weight excluding hydrogens is 370 g/mol. The molecule has 0 bridgehead atoms. The molecule has 0 amide bonds. The molecule has 0 atom stereocenters. The number of pyridine rings is 1. The molecule has 0 unspecified atom stereocenters. The van der Waals surface area contributed by atoms with Crippen LogP contribution in [0.1, 0.15) is 53.7 Å². The maximum absolute atomic E-state index is 6.11. The lowest BCUT2D eigenvalue weighted by atomic mass is 9.89. The highest BCUT2D eigenvalue weighted by molar-refractivity contribution is 7.11. The van der Waals surface area contributed by atoms with Gasteiger partial charge in [0.1, 0.15) is 6.10 Å². The van der Waals surface area contributed by atoms with Gasteiger partial charge in [0.25, 0.3) is 0 Å². The van der Waals surface area contributed by atoms with Gasteiger partial charge in [-0.3, -0.25) is 4.99 Å². The molecule has 28 heavy (non-hydrogen) atoms. The second kappa shape index (κ2) is 9.87. The van der Waals surface area contributed by atoms with Gasteiger partial charge < -0.3 is 15.4 Å². The Morgan fingerprint density at radius 1 is 1.21 bits per heavy atom. The Labute approximate surface area is 171 Å². The van der Waals surface area contributed by atoms with Gasteiger partial charge in [-0.15, -0.1) is 11.3 Å². The van der Waals surface area contributed by atoms with Crippen molar-refractivity contribution in [2.45, 2.75) is 65.6 Å². The summed E-state index contributed by atoms with van der Waals surface area (Å²) in [5, 5.41) is 7.81. The van der Waals surface area contributed by atoms with Gasteiger partial charge in [-0.05, 0) is 57.1 Å². The molecule has 3 rings (SSSR count). The van der Waals surface area contributed by atoms with Gasteiger partial charge in [-0.2, -0.15) is 0 Å². The number of hydrogen-bond donors (Lipinski definition) is 2. The van der Waals surface area contributed by atoms with E-state index < -0.39 is 0 Å². The lowest BCUT2D eigenvalue weighted by Gasteiger charge is -2.26. The maximum Gasteiger partial charge on any atom is 0.213 e. The largest absolute Gasteiger partial charge is 0.474 e. The van der Waals surface area contributed by atoms with Crippen LogP contribution >= 0.6 is 11.3 Å². The van der Waals surface area contributed by atoms with Crippen molar-refractivity contribution in [3.63, 3.8) is 0 Å². The Morgan fingerprint density at radius 2 is 1.96 bits per heavy atom. The van der Waals surface area contributed by atoms with Crippen molar-refractivity contribution in [3.8, 4) is 5.88 Å². The van der Waals surface area contributed by atoms with Crippen molar-refractivity contribution in [1.82, 2.24) is 20.6 Å². The SMILES string of the molecule is CN=C(NCc1ccnc(OC2CCC(C)CC2)c1)NCc1sc(C)nc1C. The minimum atomic E-state index is 0.299. The lowest BCUT2D eigenvalue weighted by molar-refractivity contribution is 0.130. The lowest BCUT2D eigenvalue weighted by Crippen LogP contribution is -2.36. The number of thiazole rings is 1. The topological polar surface area (TPSA) is 71.4 Å². The number of aliphatic imine (C=N–C) groups is 1. The molecule has 1 aliphatic rings. The van der Waals surface area contributed by atoms with Crippen LogP contribution in [0, 0.1) is 19.8 Å². The Hall–Kier alpha value is -2.15. The van der Waals surface area contributed by atoms with E-state index in [0.717, 1.165) is 53.4 Å². The van der Waals surface area contributed by atoms with E-state index in [1.807, 2.05) is 32.2 Å². The molecule has 0 aliphatic heterocycles. The average molecular weight is 402 g/mol. The van der Waals surface area contributed by atoms with Crippen LogP contribution in [0.15, 0.2) is 23.3 Å². The highest BCUT2D eigenvalue weighted by atomic mass is 32.1. The number of guanidine groups is 1. The van der Waals surface area contributed by atoms with Crippen LogP contribution in [0.3, 0.4) is 0 Å². The van der Waals surface area contributed by atoms with Crippen molar-refractivity contribution >= 4 is 17.3 Å². The summed E-state index contributed by atoms with van der Waals surface area (Å²) in [4.78, 5) is 14.4. The van der Waals surface area contributed by atoms with Crippen LogP contribution in [0.25, 0.3) is 0 Å². The molecule has 1 saturated carbocycles. The van der Waals surface area contributed by atoms with Crippen molar-refractivity contribution < 1.29 is 4.74 Å². The zero-order valence-electron chi connectivity index (χ0n) is 17.3. The number of hydrogen-bond acceptors (Lipinski definition) is 5. The van der Waals surface area contributed by atoms with Crippen molar-refractivity contribution in [3.05, 3.63) is 39.5 Å². The monoisotopic (exact) mass is 401 g/mol. The van der Waals surface area contributed by atoms with Gasteiger partial charge in [0.2, 0.25) is 5.88 Å². The van der Waals surface area contributed by atoms with Gasteiger partial charge >= 0.3 is 0 Å².